The van der Waals surface area contributed by atoms with Gasteiger partial charge in [-0.15, -0.1) is 45.3 Å². The number of hydrogen-bond acceptors (Lipinski definition) is 19. The number of rotatable bonds is 16. The van der Waals surface area contributed by atoms with Crippen molar-refractivity contribution in [1.29, 1.82) is 0 Å². The number of aryl methyl sites for hydroxylation is 5. The lowest BCUT2D eigenvalue weighted by Crippen LogP contribution is -2.14. The standard InChI is InChI=1S/C18H15N3O.C17H15N3O2S.C16H13N3OS.C16H14N2S.C15H12N2O2S/c1-13-8-10-14(11-9-13)15-6-4-7-17(20-15)21-18(22)16-5-2-3-12-19-16;1-11-6-8-12(9-7-11)14-10-23-17(19-14)20-16(21)13-4-3-5-15(18-13)22-2;1-11-5-7-12(8-6-11)16-19-14(10-21-16)18-15(20)13-4-2-3-9-17-13;1-12-7-9-14(10-8-12)17-16-18-15(11-19-16)13-5-3-2-4-6-13;1-10-5-2-3-6-11(10)12-9-20-15(16-12)17-14(18)13-7-4-8-19-13/h2-12H,1H3,(H,20,21,22);3-10H,1-2H3,(H,19,20,21);2-10H,1H3,(H,18,20);2-11H,1H3,(H,17,18);2-9H,1H3,(H,16,17,18). The number of hydrogen-bond donors (Lipinski definition) is 5. The predicted octanol–water partition coefficient (Wildman–Crippen LogP) is 20.1. The van der Waals surface area contributed by atoms with Gasteiger partial charge in [-0.3, -0.25) is 39.8 Å². The zero-order valence-corrected chi connectivity index (χ0v) is 61.0. The van der Waals surface area contributed by atoms with Gasteiger partial charge >= 0.3 is 0 Å². The fourth-order valence-electron chi connectivity index (χ4n) is 9.62. The summed E-state index contributed by atoms with van der Waals surface area (Å²) in [6, 6.07) is 75.2. The Kier molecular flexibility index (Phi) is 25.7. The van der Waals surface area contributed by atoms with Crippen molar-refractivity contribution in [3.63, 3.8) is 0 Å². The highest BCUT2D eigenvalue weighted by molar-refractivity contribution is 7.15. The molecule has 23 heteroatoms. The summed E-state index contributed by atoms with van der Waals surface area (Å²) in [6.45, 7) is 10.2. The molecule has 0 aliphatic rings. The van der Waals surface area contributed by atoms with Gasteiger partial charge in [0.25, 0.3) is 23.6 Å². The van der Waals surface area contributed by atoms with Crippen molar-refractivity contribution in [2.45, 2.75) is 34.6 Å². The highest BCUT2D eigenvalue weighted by Crippen LogP contribution is 2.31. The molecule has 4 amide bonds. The number of methoxy groups -OCH3 is 1. The second kappa shape index (κ2) is 36.7. The number of nitrogens with zero attached hydrogens (tertiary/aromatic N) is 8. The van der Waals surface area contributed by atoms with Gasteiger partial charge in [0.2, 0.25) is 5.88 Å². The number of nitrogens with one attached hydrogen (secondary N) is 5. The zero-order valence-electron chi connectivity index (χ0n) is 57.7. The van der Waals surface area contributed by atoms with Gasteiger partial charge in [0.1, 0.15) is 33.7 Å². The van der Waals surface area contributed by atoms with E-state index in [1.807, 2.05) is 171 Å². The maximum Gasteiger partial charge on any atom is 0.293 e. The third kappa shape index (κ3) is 21.6. The third-order valence-corrected chi connectivity index (χ3v) is 18.3. The summed E-state index contributed by atoms with van der Waals surface area (Å²) in [5.74, 6) is 0.606. The molecule has 0 spiro atoms. The van der Waals surface area contributed by atoms with E-state index in [0.717, 1.165) is 72.0 Å². The highest BCUT2D eigenvalue weighted by Gasteiger charge is 2.16. The Morgan fingerprint density at radius 1 is 0.362 bits per heavy atom. The van der Waals surface area contributed by atoms with Crippen LogP contribution in [0.2, 0.25) is 0 Å². The molecule has 0 aliphatic heterocycles. The van der Waals surface area contributed by atoms with Gasteiger partial charge in [0.05, 0.1) is 36.1 Å². The van der Waals surface area contributed by atoms with Crippen LogP contribution in [0.5, 0.6) is 5.88 Å². The van der Waals surface area contributed by atoms with E-state index in [0.29, 0.717) is 39.2 Å². The Morgan fingerprint density at radius 2 is 0.857 bits per heavy atom. The summed E-state index contributed by atoms with van der Waals surface area (Å²) in [4.78, 5) is 82.7. The molecule has 105 heavy (non-hydrogen) atoms. The Labute approximate surface area is 623 Å². The lowest BCUT2D eigenvalue weighted by Gasteiger charge is -2.06. The molecule has 0 radical (unpaired) electrons. The molecule has 0 saturated carbocycles. The maximum absolute atomic E-state index is 12.2. The molecular weight excluding hydrogens is 1390 g/mol. The molecule has 0 atom stereocenters. The van der Waals surface area contributed by atoms with Crippen molar-refractivity contribution in [3.8, 4) is 61.5 Å². The van der Waals surface area contributed by atoms with Crippen LogP contribution in [0.25, 0.3) is 55.6 Å². The van der Waals surface area contributed by atoms with Crippen LogP contribution in [0.15, 0.2) is 281 Å². The lowest BCUT2D eigenvalue weighted by molar-refractivity contribution is 0.0992. The van der Waals surface area contributed by atoms with Gasteiger partial charge in [-0.05, 0) is 107 Å². The molecule has 0 saturated heterocycles. The van der Waals surface area contributed by atoms with Gasteiger partial charge in [0, 0.05) is 73.5 Å². The summed E-state index contributed by atoms with van der Waals surface area (Å²) in [5.41, 5.74) is 16.9. The first-order valence-electron chi connectivity index (χ1n) is 32.7. The summed E-state index contributed by atoms with van der Waals surface area (Å²) in [6.07, 6.45) is 4.65. The molecule has 0 bridgehead atoms. The molecule has 6 aromatic carbocycles. The second-order valence-corrected chi connectivity index (χ2v) is 26.6. The summed E-state index contributed by atoms with van der Waals surface area (Å²) in [5, 5.41) is 25.0. The average molecular weight is 1460 g/mol. The zero-order chi connectivity index (χ0) is 73.3. The molecule has 522 valence electrons. The first-order valence-corrected chi connectivity index (χ1v) is 36.2. The van der Waals surface area contributed by atoms with Gasteiger partial charge in [-0.25, -0.2) is 29.9 Å². The van der Waals surface area contributed by atoms with Crippen LogP contribution in [0.1, 0.15) is 69.8 Å². The SMILES string of the molecule is COc1cccc(C(=O)Nc2nc(-c3ccc(C)cc3)cs2)n1.Cc1ccc(-c2cccc(NC(=O)c3ccccn3)n2)cc1.Cc1ccc(-c2nc(NC(=O)c3ccccn3)cs2)cc1.Cc1ccc(Nc2nc(-c3ccccc3)cs2)cc1.Cc1ccccc1-c1csc(NC(=O)c2ccco2)n1. The summed E-state index contributed by atoms with van der Waals surface area (Å²) in [7, 11) is 1.51. The smallest absolute Gasteiger partial charge is 0.293 e. The Balaban J connectivity index is 0.000000131. The Morgan fingerprint density at radius 3 is 1.45 bits per heavy atom. The molecule has 19 nitrogen and oxygen atoms in total. The highest BCUT2D eigenvalue weighted by atomic mass is 32.1. The first-order chi connectivity index (χ1) is 51.1. The number of carbonyl (C=O) groups is 4. The van der Waals surface area contributed by atoms with E-state index in [1.165, 1.54) is 69.6 Å². The molecule has 0 aliphatic carbocycles. The van der Waals surface area contributed by atoms with Crippen molar-refractivity contribution in [1.82, 2.24) is 39.9 Å². The molecule has 15 aromatic rings. The quantitative estimate of drug-likeness (QED) is 0.0603. The van der Waals surface area contributed by atoms with E-state index in [9.17, 15) is 19.2 Å². The summed E-state index contributed by atoms with van der Waals surface area (Å²) < 4.78 is 10.1. The minimum absolute atomic E-state index is 0.253. The van der Waals surface area contributed by atoms with Gasteiger partial charge < -0.3 is 25.1 Å². The van der Waals surface area contributed by atoms with Crippen LogP contribution in [-0.4, -0.2) is 70.6 Å². The maximum atomic E-state index is 12.2. The van der Waals surface area contributed by atoms with E-state index in [4.69, 9.17) is 9.15 Å². The van der Waals surface area contributed by atoms with Crippen molar-refractivity contribution >= 4 is 102 Å². The van der Waals surface area contributed by atoms with Crippen molar-refractivity contribution < 1.29 is 28.3 Å². The normalized spacial score (nSPS) is 10.3. The topological polar surface area (TPSA) is 254 Å². The number of amides is 4. The molecule has 0 unspecified atom stereocenters. The Hall–Kier alpha value is -12.8. The van der Waals surface area contributed by atoms with Gasteiger partial charge in [-0.2, -0.15) is 0 Å². The van der Waals surface area contributed by atoms with Crippen LogP contribution in [0, 0.1) is 34.6 Å². The van der Waals surface area contributed by atoms with Crippen LogP contribution in [0.4, 0.5) is 32.7 Å². The summed E-state index contributed by atoms with van der Waals surface area (Å²) >= 11 is 5.89. The van der Waals surface area contributed by atoms with Crippen LogP contribution in [-0.2, 0) is 0 Å². The van der Waals surface area contributed by atoms with E-state index in [-0.39, 0.29) is 35.1 Å². The number of furan rings is 1. The fraction of sp³-hybridized carbons (Fsp3) is 0.0732. The molecule has 0 fully saturated rings. The number of ether oxygens (including phenoxy) is 1. The van der Waals surface area contributed by atoms with Crippen LogP contribution >= 0.6 is 45.3 Å². The largest absolute Gasteiger partial charge is 0.481 e. The monoisotopic (exact) mass is 1460 g/mol. The first kappa shape index (κ1) is 73.4. The molecule has 9 aromatic heterocycles. The predicted molar refractivity (Wildman–Crippen MR) is 423 cm³/mol. The van der Waals surface area contributed by atoms with Crippen molar-refractivity contribution in [2.24, 2.45) is 0 Å². The lowest BCUT2D eigenvalue weighted by atomic mass is 10.1. The van der Waals surface area contributed by atoms with E-state index in [1.54, 1.807) is 96.5 Å². The molecular formula is C82H69N13O6S4. The molecule has 9 heterocycles. The number of carbonyl (C=O) groups excluding carboxylic acids is 4. The number of benzene rings is 6. The fourth-order valence-corrected chi connectivity index (χ4v) is 12.5. The van der Waals surface area contributed by atoms with Gasteiger partial charge in [-0.1, -0.05) is 186 Å². The van der Waals surface area contributed by atoms with Crippen LogP contribution < -0.4 is 31.3 Å². The van der Waals surface area contributed by atoms with E-state index >= 15 is 0 Å². The number of thiazole rings is 4. The number of pyridine rings is 4. The minimum atomic E-state index is -0.311. The molecule has 5 N–H and O–H groups in total. The van der Waals surface area contributed by atoms with Crippen LogP contribution in [0.3, 0.4) is 0 Å². The van der Waals surface area contributed by atoms with Crippen molar-refractivity contribution in [3.05, 3.63) is 327 Å². The van der Waals surface area contributed by atoms with Gasteiger partial charge in [0.15, 0.2) is 21.2 Å². The minimum Gasteiger partial charge on any atom is -0.481 e. The van der Waals surface area contributed by atoms with Crippen molar-refractivity contribution in [2.75, 3.05) is 33.7 Å². The number of anilines is 6. The van der Waals surface area contributed by atoms with E-state index in [2.05, 4.69) is 115 Å². The second-order valence-electron chi connectivity index (χ2n) is 23.1. The molecule has 15 rings (SSSR count). The Bertz CT molecular complexity index is 5290. The van der Waals surface area contributed by atoms with E-state index < -0.39 is 0 Å². The third-order valence-electron chi connectivity index (χ3n) is 15.2. The average Bonchev–Trinajstić information content (AvgIpc) is 1.79. The number of aromatic nitrogens is 8.